The quantitative estimate of drug-likeness (QED) is 0.292. The summed E-state index contributed by atoms with van der Waals surface area (Å²) >= 11 is 1.72. The third-order valence-corrected chi connectivity index (χ3v) is 6.85. The zero-order valence-electron chi connectivity index (χ0n) is 18.1. The van der Waals surface area contributed by atoms with E-state index in [0.29, 0.717) is 0 Å². The van der Waals surface area contributed by atoms with Crippen molar-refractivity contribution < 1.29 is 0 Å². The Morgan fingerprint density at radius 1 is 0.931 bits per heavy atom. The molecule has 3 nitrogen and oxygen atoms in total. The highest BCUT2D eigenvalue weighted by atomic mass is 32.1. The lowest BCUT2D eigenvalue weighted by Gasteiger charge is -2.22. The van der Waals surface area contributed by atoms with Gasteiger partial charge in [-0.3, -0.25) is 4.79 Å². The molecule has 1 aromatic heterocycles. The van der Waals surface area contributed by atoms with Crippen LogP contribution in [0.25, 0.3) is 20.2 Å². The number of unbranched alkanes of at least 4 members (excludes halogenated alkanes) is 2. The number of hydrogen-bond acceptors (Lipinski definition) is 4. The molecule has 0 radical (unpaired) electrons. The van der Waals surface area contributed by atoms with Crippen LogP contribution in [-0.4, -0.2) is 31.1 Å². The monoisotopic (exact) mass is 410 g/mol. The number of nitrogens with one attached hydrogen (secondary N) is 1. The SMILES string of the molecule is CCCCN(CCCC)CCCNc1ccc(C)c2sc3ccccc3c(=O)c12. The Labute approximate surface area is 178 Å². The van der Waals surface area contributed by atoms with E-state index in [9.17, 15) is 4.79 Å². The van der Waals surface area contributed by atoms with Gasteiger partial charge in [0, 0.05) is 27.0 Å². The summed E-state index contributed by atoms with van der Waals surface area (Å²) < 4.78 is 2.17. The Balaban J connectivity index is 1.74. The lowest BCUT2D eigenvalue weighted by atomic mass is 10.1. The molecule has 156 valence electrons. The molecular weight excluding hydrogens is 376 g/mol. The van der Waals surface area contributed by atoms with Crippen molar-refractivity contribution in [2.24, 2.45) is 0 Å². The van der Waals surface area contributed by atoms with Crippen molar-refractivity contribution in [2.75, 3.05) is 31.5 Å². The molecule has 4 heteroatoms. The molecule has 1 heterocycles. The van der Waals surface area contributed by atoms with E-state index >= 15 is 0 Å². The van der Waals surface area contributed by atoms with E-state index in [2.05, 4.69) is 43.1 Å². The van der Waals surface area contributed by atoms with Crippen molar-refractivity contribution in [1.82, 2.24) is 4.90 Å². The lowest BCUT2D eigenvalue weighted by Crippen LogP contribution is -2.28. The summed E-state index contributed by atoms with van der Waals surface area (Å²) in [5.41, 5.74) is 2.29. The van der Waals surface area contributed by atoms with Gasteiger partial charge >= 0.3 is 0 Å². The third kappa shape index (κ3) is 5.37. The largest absolute Gasteiger partial charge is 0.384 e. The van der Waals surface area contributed by atoms with Crippen molar-refractivity contribution in [3.63, 3.8) is 0 Å². The predicted molar refractivity (Wildman–Crippen MR) is 130 cm³/mol. The van der Waals surface area contributed by atoms with Crippen LogP contribution >= 0.6 is 11.3 Å². The zero-order chi connectivity index (χ0) is 20.6. The van der Waals surface area contributed by atoms with Crippen LogP contribution in [-0.2, 0) is 0 Å². The standard InChI is InChI=1S/C25H34N2OS/c1-4-6-16-27(17-7-5-2)18-10-15-26-21-14-13-19(3)25-23(21)24(28)20-11-8-9-12-22(20)29-25/h8-9,11-14,26H,4-7,10,15-18H2,1-3H3. The first-order valence-corrected chi connectivity index (χ1v) is 11.9. The average Bonchev–Trinajstić information content (AvgIpc) is 2.74. The molecule has 0 saturated carbocycles. The van der Waals surface area contributed by atoms with Gasteiger partial charge in [-0.25, -0.2) is 0 Å². The van der Waals surface area contributed by atoms with Crippen molar-refractivity contribution in [1.29, 1.82) is 0 Å². The van der Waals surface area contributed by atoms with Crippen LogP contribution in [0, 0.1) is 6.92 Å². The number of benzene rings is 2. The fraction of sp³-hybridized carbons (Fsp3) is 0.480. The minimum Gasteiger partial charge on any atom is -0.384 e. The molecule has 0 saturated heterocycles. The minimum absolute atomic E-state index is 0.146. The molecule has 0 aliphatic carbocycles. The van der Waals surface area contributed by atoms with Crippen LogP contribution in [0.1, 0.15) is 51.5 Å². The second-order valence-corrected chi connectivity index (χ2v) is 8.94. The number of rotatable bonds is 11. The highest BCUT2D eigenvalue weighted by molar-refractivity contribution is 7.24. The summed E-state index contributed by atoms with van der Waals surface area (Å²) in [6, 6.07) is 12.1. The van der Waals surface area contributed by atoms with Crippen LogP contribution in [0.5, 0.6) is 0 Å². The summed E-state index contributed by atoms with van der Waals surface area (Å²) in [7, 11) is 0. The van der Waals surface area contributed by atoms with Crippen LogP contribution in [0.15, 0.2) is 41.2 Å². The Morgan fingerprint density at radius 2 is 1.62 bits per heavy atom. The summed E-state index contributed by atoms with van der Waals surface area (Å²) in [5, 5.41) is 5.24. The van der Waals surface area contributed by atoms with Gasteiger partial charge in [0.15, 0.2) is 5.43 Å². The van der Waals surface area contributed by atoms with Crippen LogP contribution in [0.3, 0.4) is 0 Å². The van der Waals surface area contributed by atoms with E-state index in [1.165, 1.54) is 44.3 Å². The molecule has 0 aliphatic rings. The first kappa shape index (κ1) is 21.8. The molecule has 0 atom stereocenters. The van der Waals surface area contributed by atoms with Gasteiger partial charge in [0.05, 0.1) is 5.39 Å². The van der Waals surface area contributed by atoms with Gasteiger partial charge in [-0.15, -0.1) is 11.3 Å². The highest BCUT2D eigenvalue weighted by Gasteiger charge is 2.12. The van der Waals surface area contributed by atoms with Gasteiger partial charge in [-0.05, 0) is 69.6 Å². The van der Waals surface area contributed by atoms with E-state index in [0.717, 1.165) is 45.4 Å². The van der Waals surface area contributed by atoms with Crippen molar-refractivity contribution in [3.8, 4) is 0 Å². The summed E-state index contributed by atoms with van der Waals surface area (Å²) in [6.45, 7) is 11.0. The Bertz CT molecular complexity index is 987. The molecule has 29 heavy (non-hydrogen) atoms. The fourth-order valence-electron chi connectivity index (χ4n) is 3.80. The zero-order valence-corrected chi connectivity index (χ0v) is 18.9. The lowest BCUT2D eigenvalue weighted by molar-refractivity contribution is 0.264. The molecule has 0 spiro atoms. The van der Waals surface area contributed by atoms with Gasteiger partial charge in [-0.1, -0.05) is 44.9 Å². The van der Waals surface area contributed by atoms with Gasteiger partial charge in [0.25, 0.3) is 0 Å². The molecule has 0 aliphatic heterocycles. The molecule has 2 aromatic carbocycles. The first-order valence-electron chi connectivity index (χ1n) is 11.1. The molecule has 0 bridgehead atoms. The second kappa shape index (κ2) is 10.7. The Morgan fingerprint density at radius 3 is 2.34 bits per heavy atom. The average molecular weight is 411 g/mol. The number of hydrogen-bond donors (Lipinski definition) is 1. The Kier molecular flexibility index (Phi) is 8.08. The predicted octanol–water partition coefficient (Wildman–Crippen LogP) is 6.43. The molecule has 0 unspecified atom stereocenters. The fourth-order valence-corrected chi connectivity index (χ4v) is 4.97. The van der Waals surface area contributed by atoms with Gasteiger partial charge in [0.2, 0.25) is 0 Å². The van der Waals surface area contributed by atoms with Crippen molar-refractivity contribution in [2.45, 2.75) is 52.9 Å². The summed E-state index contributed by atoms with van der Waals surface area (Å²) in [5.74, 6) is 0. The Hall–Kier alpha value is -1.91. The van der Waals surface area contributed by atoms with Gasteiger partial charge in [0.1, 0.15) is 0 Å². The first-order chi connectivity index (χ1) is 14.2. The van der Waals surface area contributed by atoms with Crippen LogP contribution in [0.2, 0.25) is 0 Å². The second-order valence-electron chi connectivity index (χ2n) is 7.89. The smallest absolute Gasteiger partial charge is 0.197 e. The summed E-state index contributed by atoms with van der Waals surface area (Å²) in [4.78, 5) is 15.8. The van der Waals surface area contributed by atoms with E-state index < -0.39 is 0 Å². The molecule has 1 N–H and O–H groups in total. The molecule has 3 aromatic rings. The van der Waals surface area contributed by atoms with E-state index in [4.69, 9.17) is 0 Å². The molecular formula is C25H34N2OS. The number of aryl methyl sites for hydroxylation is 1. The van der Waals surface area contributed by atoms with Gasteiger partial charge in [-0.2, -0.15) is 0 Å². The van der Waals surface area contributed by atoms with Crippen molar-refractivity contribution >= 4 is 37.2 Å². The molecule has 3 rings (SSSR count). The number of fused-ring (bicyclic) bond motifs is 2. The normalized spacial score (nSPS) is 11.6. The number of anilines is 1. The highest BCUT2D eigenvalue weighted by Crippen LogP contribution is 2.31. The van der Waals surface area contributed by atoms with Crippen LogP contribution < -0.4 is 10.7 Å². The number of nitrogens with zero attached hydrogens (tertiary/aromatic N) is 1. The third-order valence-electron chi connectivity index (χ3n) is 5.55. The maximum atomic E-state index is 13.2. The molecule has 0 amide bonds. The summed E-state index contributed by atoms with van der Waals surface area (Å²) in [6.07, 6.45) is 6.13. The van der Waals surface area contributed by atoms with Gasteiger partial charge < -0.3 is 10.2 Å². The van der Waals surface area contributed by atoms with Crippen molar-refractivity contribution in [3.05, 3.63) is 52.2 Å². The van der Waals surface area contributed by atoms with E-state index in [-0.39, 0.29) is 5.43 Å². The van der Waals surface area contributed by atoms with E-state index in [1.807, 2.05) is 24.3 Å². The molecule has 0 fully saturated rings. The minimum atomic E-state index is 0.146. The van der Waals surface area contributed by atoms with Crippen LogP contribution in [0.4, 0.5) is 5.69 Å². The van der Waals surface area contributed by atoms with E-state index in [1.54, 1.807) is 11.3 Å². The maximum Gasteiger partial charge on any atom is 0.197 e. The topological polar surface area (TPSA) is 32.3 Å². The maximum absolute atomic E-state index is 13.2.